The van der Waals surface area contributed by atoms with Gasteiger partial charge in [0, 0.05) is 24.2 Å². The molecule has 1 aliphatic rings. The highest BCUT2D eigenvalue weighted by Crippen LogP contribution is 2.32. The Morgan fingerprint density at radius 3 is 2.15 bits per heavy atom. The molecule has 1 aromatic heterocycles. The van der Waals surface area contributed by atoms with E-state index in [1.807, 2.05) is 68.0 Å². The van der Waals surface area contributed by atoms with Gasteiger partial charge in [0.25, 0.3) is 0 Å². The predicted molar refractivity (Wildman–Crippen MR) is 107 cm³/mol. The molecule has 0 spiro atoms. The molecule has 1 saturated carbocycles. The molecule has 6 heteroatoms. The lowest BCUT2D eigenvalue weighted by Crippen LogP contribution is -2.57. The Kier molecular flexibility index (Phi) is 4.87. The van der Waals surface area contributed by atoms with Crippen molar-refractivity contribution in [3.8, 4) is 0 Å². The molecule has 0 radical (unpaired) electrons. The average molecular weight is 373 g/mol. The first-order valence-electron chi connectivity index (χ1n) is 9.74. The highest BCUT2D eigenvalue weighted by molar-refractivity contribution is 5.76. The van der Waals surface area contributed by atoms with E-state index in [2.05, 4.69) is 0 Å². The van der Waals surface area contributed by atoms with Crippen molar-refractivity contribution < 1.29 is 9.90 Å². The lowest BCUT2D eigenvalue weighted by Gasteiger charge is -2.45. The van der Waals surface area contributed by atoms with Gasteiger partial charge in [-0.25, -0.2) is 9.59 Å². The quantitative estimate of drug-likeness (QED) is 0.827. The zero-order valence-corrected chi connectivity index (χ0v) is 17.0. The van der Waals surface area contributed by atoms with Gasteiger partial charge in [-0.1, -0.05) is 12.1 Å². The van der Waals surface area contributed by atoms with Gasteiger partial charge in [-0.3, -0.25) is 14.0 Å². The van der Waals surface area contributed by atoms with Crippen molar-refractivity contribution >= 4 is 17.1 Å². The summed E-state index contributed by atoms with van der Waals surface area (Å²) in [5, 5.41) is 9.73. The van der Waals surface area contributed by atoms with E-state index in [1.165, 1.54) is 17.7 Å². The summed E-state index contributed by atoms with van der Waals surface area (Å²) in [7, 11) is 0. The molecule has 0 aliphatic heterocycles. The van der Waals surface area contributed by atoms with Gasteiger partial charge in [-0.05, 0) is 71.9 Å². The molecule has 27 heavy (non-hydrogen) atoms. The lowest BCUT2D eigenvalue weighted by atomic mass is 9.92. The van der Waals surface area contributed by atoms with Crippen LogP contribution in [-0.4, -0.2) is 36.3 Å². The maximum absolute atomic E-state index is 13.1. The Morgan fingerprint density at radius 1 is 1.11 bits per heavy atom. The van der Waals surface area contributed by atoms with Gasteiger partial charge < -0.3 is 5.11 Å². The molecule has 6 nitrogen and oxygen atoms in total. The molecule has 148 valence electrons. The fraction of sp³-hybridized carbons (Fsp3) is 0.619. The number of para-hydroxylation sites is 2. The summed E-state index contributed by atoms with van der Waals surface area (Å²) >= 11 is 0. The minimum atomic E-state index is -0.934. The maximum atomic E-state index is 13.1. The van der Waals surface area contributed by atoms with Gasteiger partial charge in [0.2, 0.25) is 0 Å². The van der Waals surface area contributed by atoms with Gasteiger partial charge in [-0.2, -0.15) is 0 Å². The van der Waals surface area contributed by atoms with Crippen LogP contribution in [0.4, 0.5) is 4.79 Å². The van der Waals surface area contributed by atoms with E-state index < -0.39 is 17.2 Å². The van der Waals surface area contributed by atoms with Crippen molar-refractivity contribution in [2.45, 2.75) is 78.0 Å². The topological polar surface area (TPSA) is 67.5 Å². The molecule has 1 fully saturated rings. The maximum Gasteiger partial charge on any atom is 0.408 e. The van der Waals surface area contributed by atoms with Crippen LogP contribution in [0.3, 0.4) is 0 Å². The molecule has 0 saturated heterocycles. The van der Waals surface area contributed by atoms with E-state index in [1.54, 1.807) is 0 Å². The summed E-state index contributed by atoms with van der Waals surface area (Å²) in [6.07, 6.45) is 2.01. The molecular weight excluding hydrogens is 342 g/mol. The first-order valence-corrected chi connectivity index (χ1v) is 9.74. The largest absolute Gasteiger partial charge is 0.465 e. The zero-order valence-electron chi connectivity index (χ0n) is 17.0. The number of hydrogen-bond donors (Lipinski definition) is 1. The number of carboxylic acid groups (broad SMARTS) is 1. The summed E-state index contributed by atoms with van der Waals surface area (Å²) in [6, 6.07) is 7.89. The molecule has 1 N–H and O–H groups in total. The summed E-state index contributed by atoms with van der Waals surface area (Å²) in [5.74, 6) is 0.613. The molecule has 0 unspecified atom stereocenters. The predicted octanol–water partition coefficient (Wildman–Crippen LogP) is 4.16. The number of aromatic nitrogens is 2. The minimum absolute atomic E-state index is 0.0107. The van der Waals surface area contributed by atoms with Gasteiger partial charge in [0.1, 0.15) is 0 Å². The molecule has 3 rings (SSSR count). The number of carbonyl (C=O) groups is 1. The van der Waals surface area contributed by atoms with Crippen LogP contribution in [0, 0.1) is 5.92 Å². The number of aryl methyl sites for hydroxylation is 1. The van der Waals surface area contributed by atoms with Gasteiger partial charge in [-0.15, -0.1) is 0 Å². The third-order valence-corrected chi connectivity index (χ3v) is 5.48. The van der Waals surface area contributed by atoms with Crippen LogP contribution in [0.15, 0.2) is 29.1 Å². The zero-order chi connectivity index (χ0) is 20.0. The summed E-state index contributed by atoms with van der Waals surface area (Å²) in [4.78, 5) is 26.4. The lowest BCUT2D eigenvalue weighted by molar-refractivity contribution is 0.0271. The Bertz CT molecular complexity index is 898. The number of imidazole rings is 1. The third kappa shape index (κ3) is 3.89. The Morgan fingerprint density at radius 2 is 1.67 bits per heavy atom. The van der Waals surface area contributed by atoms with Crippen LogP contribution in [0.2, 0.25) is 0 Å². The second-order valence-electron chi connectivity index (χ2n) is 9.33. The number of fused-ring (bicyclic) bond motifs is 1. The van der Waals surface area contributed by atoms with Crippen LogP contribution < -0.4 is 5.69 Å². The number of nitrogens with zero attached hydrogens (tertiary/aromatic N) is 3. The Labute approximate surface area is 160 Å². The molecule has 1 aliphatic carbocycles. The van der Waals surface area contributed by atoms with Gasteiger partial charge in [0.15, 0.2) is 0 Å². The van der Waals surface area contributed by atoms with Crippen molar-refractivity contribution in [3.63, 3.8) is 0 Å². The van der Waals surface area contributed by atoms with Gasteiger partial charge >= 0.3 is 11.8 Å². The monoisotopic (exact) mass is 373 g/mol. The molecular formula is C21H31N3O3. The van der Waals surface area contributed by atoms with Gasteiger partial charge in [0.05, 0.1) is 11.0 Å². The number of rotatable bonds is 6. The molecule has 1 heterocycles. The molecule has 0 atom stereocenters. The SMILES string of the molecule is CC(C)(C)N(C(=O)O)C(C)(C)CCn1c(=O)n(CC2CC2)c2ccccc21. The molecule has 1 amide bonds. The summed E-state index contributed by atoms with van der Waals surface area (Å²) in [5.41, 5.74) is 0.801. The molecule has 0 bridgehead atoms. The van der Waals surface area contributed by atoms with Crippen LogP contribution >= 0.6 is 0 Å². The standard InChI is InChI=1S/C21H31N3O3/c1-20(2,3)24(19(26)27)21(4,5)12-13-22-16-8-6-7-9-17(16)23(18(22)25)14-15-10-11-15/h6-9,15H,10-14H2,1-5H3,(H,26,27). The highest BCUT2D eigenvalue weighted by atomic mass is 16.4. The first kappa shape index (κ1) is 19.5. The van der Waals surface area contributed by atoms with Crippen molar-refractivity contribution in [1.29, 1.82) is 0 Å². The number of amides is 1. The van der Waals surface area contributed by atoms with Crippen LogP contribution in [0.5, 0.6) is 0 Å². The first-order chi connectivity index (χ1) is 12.5. The fourth-order valence-corrected chi connectivity index (χ4v) is 4.17. The Hall–Kier alpha value is -2.24. The second kappa shape index (κ2) is 6.73. The van der Waals surface area contributed by atoms with E-state index in [-0.39, 0.29) is 5.69 Å². The van der Waals surface area contributed by atoms with E-state index in [4.69, 9.17) is 0 Å². The van der Waals surface area contributed by atoms with Crippen molar-refractivity contribution in [2.24, 2.45) is 5.92 Å². The molecule has 2 aromatic rings. The van der Waals surface area contributed by atoms with Crippen LogP contribution in [0.1, 0.15) is 53.9 Å². The van der Waals surface area contributed by atoms with Crippen molar-refractivity contribution in [1.82, 2.24) is 14.0 Å². The number of hydrogen-bond acceptors (Lipinski definition) is 2. The Balaban J connectivity index is 1.91. The van der Waals surface area contributed by atoms with E-state index >= 15 is 0 Å². The summed E-state index contributed by atoms with van der Waals surface area (Å²) in [6.45, 7) is 10.8. The van der Waals surface area contributed by atoms with Crippen molar-refractivity contribution in [2.75, 3.05) is 0 Å². The summed E-state index contributed by atoms with van der Waals surface area (Å²) < 4.78 is 3.70. The van der Waals surface area contributed by atoms with E-state index in [0.29, 0.717) is 18.9 Å². The smallest absolute Gasteiger partial charge is 0.408 e. The average Bonchev–Trinajstić information content (AvgIpc) is 3.30. The van der Waals surface area contributed by atoms with E-state index in [0.717, 1.165) is 17.6 Å². The second-order valence-corrected chi connectivity index (χ2v) is 9.33. The van der Waals surface area contributed by atoms with Crippen molar-refractivity contribution in [3.05, 3.63) is 34.7 Å². The minimum Gasteiger partial charge on any atom is -0.465 e. The fourth-order valence-electron chi connectivity index (χ4n) is 4.17. The molecule has 1 aromatic carbocycles. The van der Waals surface area contributed by atoms with E-state index in [9.17, 15) is 14.7 Å². The van der Waals surface area contributed by atoms with Crippen LogP contribution in [-0.2, 0) is 13.1 Å². The normalized spacial score (nSPS) is 15.3. The third-order valence-electron chi connectivity index (χ3n) is 5.48. The highest BCUT2D eigenvalue weighted by Gasteiger charge is 2.38. The van der Waals surface area contributed by atoms with Crippen LogP contribution in [0.25, 0.3) is 11.0 Å². The number of benzene rings is 1.